The van der Waals surface area contributed by atoms with E-state index in [-0.39, 0.29) is 15.7 Å². The number of halogens is 2. The average molecular weight is 215 g/mol. The van der Waals surface area contributed by atoms with Crippen molar-refractivity contribution < 1.29 is 4.39 Å². The standard InChI is InChI=1S/C8H4ClFN2S/c9-8(13)12-7-2-1-5(4-11)3-6(7)10/h1-3H,(H,12,13). The SMILES string of the molecule is N#Cc1ccc(NC(=S)Cl)c(F)c1. The maximum Gasteiger partial charge on any atom is 0.171 e. The Kier molecular flexibility index (Phi) is 3.18. The number of benzene rings is 1. The van der Waals surface area contributed by atoms with Gasteiger partial charge in [0.05, 0.1) is 17.3 Å². The summed E-state index contributed by atoms with van der Waals surface area (Å²) in [6.45, 7) is 0. The fourth-order valence-corrected chi connectivity index (χ4v) is 1.00. The van der Waals surface area contributed by atoms with Crippen molar-refractivity contribution in [3.05, 3.63) is 29.6 Å². The molecular formula is C8H4ClFN2S. The van der Waals surface area contributed by atoms with Crippen LogP contribution in [0, 0.1) is 17.1 Å². The van der Waals surface area contributed by atoms with Crippen LogP contribution in [-0.4, -0.2) is 4.45 Å². The molecule has 0 aliphatic rings. The maximum absolute atomic E-state index is 13.1. The lowest BCUT2D eigenvalue weighted by molar-refractivity contribution is 0.632. The van der Waals surface area contributed by atoms with Crippen molar-refractivity contribution in [3.8, 4) is 6.07 Å². The molecule has 0 fully saturated rings. The van der Waals surface area contributed by atoms with Gasteiger partial charge in [0.15, 0.2) is 4.45 Å². The van der Waals surface area contributed by atoms with Crippen LogP contribution < -0.4 is 5.32 Å². The van der Waals surface area contributed by atoms with Gasteiger partial charge in [0.2, 0.25) is 0 Å². The first-order chi connectivity index (χ1) is 6.13. The molecule has 0 spiro atoms. The average Bonchev–Trinajstić information content (AvgIpc) is 2.08. The summed E-state index contributed by atoms with van der Waals surface area (Å²) in [5.41, 5.74) is 0.419. The third-order valence-electron chi connectivity index (χ3n) is 1.33. The molecular weight excluding hydrogens is 211 g/mol. The zero-order valence-corrected chi connectivity index (χ0v) is 7.92. The highest BCUT2D eigenvalue weighted by molar-refractivity contribution is 7.83. The monoisotopic (exact) mass is 214 g/mol. The van der Waals surface area contributed by atoms with Crippen LogP contribution in [0.5, 0.6) is 0 Å². The van der Waals surface area contributed by atoms with E-state index in [1.165, 1.54) is 12.1 Å². The van der Waals surface area contributed by atoms with Gasteiger partial charge in [-0.3, -0.25) is 0 Å². The van der Waals surface area contributed by atoms with Crippen LogP contribution in [-0.2, 0) is 0 Å². The molecule has 5 heteroatoms. The summed E-state index contributed by atoms with van der Waals surface area (Å²) in [6.07, 6.45) is 0. The van der Waals surface area contributed by atoms with Gasteiger partial charge in [-0.2, -0.15) is 5.26 Å². The minimum Gasteiger partial charge on any atom is -0.335 e. The largest absolute Gasteiger partial charge is 0.335 e. The van der Waals surface area contributed by atoms with E-state index in [1.54, 1.807) is 0 Å². The zero-order chi connectivity index (χ0) is 9.84. The van der Waals surface area contributed by atoms with E-state index in [0.717, 1.165) is 6.07 Å². The van der Waals surface area contributed by atoms with Gasteiger partial charge in [-0.1, -0.05) is 11.6 Å². The highest BCUT2D eigenvalue weighted by atomic mass is 35.5. The predicted molar refractivity (Wildman–Crippen MR) is 53.2 cm³/mol. The molecule has 13 heavy (non-hydrogen) atoms. The topological polar surface area (TPSA) is 35.8 Å². The van der Waals surface area contributed by atoms with Crippen LogP contribution in [0.3, 0.4) is 0 Å². The number of thiocarbonyl (C=S) groups is 1. The first kappa shape index (κ1) is 9.90. The van der Waals surface area contributed by atoms with Crippen molar-refractivity contribution in [1.82, 2.24) is 0 Å². The molecule has 0 bridgehead atoms. The second-order valence-corrected chi connectivity index (χ2v) is 3.22. The summed E-state index contributed by atoms with van der Waals surface area (Å²) >= 11 is 9.87. The fourth-order valence-electron chi connectivity index (χ4n) is 0.792. The van der Waals surface area contributed by atoms with Crippen LogP contribution in [0.15, 0.2) is 18.2 Å². The second-order valence-electron chi connectivity index (χ2n) is 2.21. The summed E-state index contributed by atoms with van der Waals surface area (Å²) in [6, 6.07) is 5.80. The molecule has 0 saturated heterocycles. The van der Waals surface area contributed by atoms with E-state index in [0.29, 0.717) is 0 Å². The van der Waals surface area contributed by atoms with Gasteiger partial charge in [-0.25, -0.2) is 4.39 Å². The van der Waals surface area contributed by atoms with Crippen LogP contribution >= 0.6 is 23.8 Å². The normalized spacial score (nSPS) is 9.00. The number of hydrogen-bond acceptors (Lipinski definition) is 2. The molecule has 0 saturated carbocycles. The van der Waals surface area contributed by atoms with E-state index >= 15 is 0 Å². The summed E-state index contributed by atoms with van der Waals surface area (Å²) in [5.74, 6) is -0.554. The van der Waals surface area contributed by atoms with Crippen molar-refractivity contribution in [2.24, 2.45) is 0 Å². The first-order valence-corrected chi connectivity index (χ1v) is 4.08. The highest BCUT2D eigenvalue weighted by Gasteiger charge is 2.03. The third kappa shape index (κ3) is 2.65. The lowest BCUT2D eigenvalue weighted by Gasteiger charge is -2.03. The third-order valence-corrected chi connectivity index (χ3v) is 1.53. The van der Waals surface area contributed by atoms with Crippen LogP contribution in [0.25, 0.3) is 0 Å². The summed E-state index contributed by atoms with van der Waals surface area (Å²) < 4.78 is 13.0. The molecule has 1 N–H and O–H groups in total. The molecule has 0 heterocycles. The van der Waals surface area contributed by atoms with Gasteiger partial charge < -0.3 is 5.32 Å². The number of nitrogens with zero attached hydrogens (tertiary/aromatic N) is 1. The van der Waals surface area contributed by atoms with E-state index in [1.807, 2.05) is 6.07 Å². The highest BCUT2D eigenvalue weighted by Crippen LogP contribution is 2.15. The molecule has 0 unspecified atom stereocenters. The van der Waals surface area contributed by atoms with E-state index in [4.69, 9.17) is 16.9 Å². The first-order valence-electron chi connectivity index (χ1n) is 3.29. The van der Waals surface area contributed by atoms with Crippen LogP contribution in [0.2, 0.25) is 0 Å². The molecule has 0 atom stereocenters. The molecule has 2 nitrogen and oxygen atoms in total. The Hall–Kier alpha value is -1.18. The maximum atomic E-state index is 13.1. The molecule has 0 amide bonds. The van der Waals surface area contributed by atoms with Crippen molar-refractivity contribution in [1.29, 1.82) is 5.26 Å². The van der Waals surface area contributed by atoms with Gasteiger partial charge in [0, 0.05) is 0 Å². The summed E-state index contributed by atoms with van der Waals surface area (Å²) in [7, 11) is 0. The molecule has 0 radical (unpaired) electrons. The number of hydrogen-bond donors (Lipinski definition) is 1. The Morgan fingerprint density at radius 2 is 2.31 bits per heavy atom. The number of nitriles is 1. The van der Waals surface area contributed by atoms with Gasteiger partial charge in [0.1, 0.15) is 5.82 Å². The zero-order valence-electron chi connectivity index (χ0n) is 6.34. The van der Waals surface area contributed by atoms with Gasteiger partial charge in [-0.15, -0.1) is 0 Å². The molecule has 0 aliphatic heterocycles. The Labute approximate surface area is 84.9 Å². The lowest BCUT2D eigenvalue weighted by Crippen LogP contribution is -2.02. The van der Waals surface area contributed by atoms with Crippen molar-refractivity contribution in [2.75, 3.05) is 5.32 Å². The van der Waals surface area contributed by atoms with E-state index in [9.17, 15) is 4.39 Å². The van der Waals surface area contributed by atoms with Crippen molar-refractivity contribution in [3.63, 3.8) is 0 Å². The van der Waals surface area contributed by atoms with Crippen molar-refractivity contribution in [2.45, 2.75) is 0 Å². The number of rotatable bonds is 1. The van der Waals surface area contributed by atoms with Crippen molar-refractivity contribution >= 4 is 34.0 Å². The van der Waals surface area contributed by atoms with Gasteiger partial charge in [-0.05, 0) is 30.4 Å². The molecule has 0 aliphatic carbocycles. The number of anilines is 1. The van der Waals surface area contributed by atoms with Crippen LogP contribution in [0.1, 0.15) is 5.56 Å². The Morgan fingerprint density at radius 1 is 1.62 bits per heavy atom. The predicted octanol–water partition coefficient (Wildman–Crippen LogP) is 2.63. The quantitative estimate of drug-likeness (QED) is 0.444. The second kappa shape index (κ2) is 4.17. The molecule has 1 aromatic carbocycles. The Bertz CT molecular complexity index is 386. The Balaban J connectivity index is 3.00. The van der Waals surface area contributed by atoms with E-state index in [2.05, 4.69) is 17.5 Å². The number of nitrogens with one attached hydrogen (secondary N) is 1. The molecule has 66 valence electrons. The van der Waals surface area contributed by atoms with Crippen LogP contribution in [0.4, 0.5) is 10.1 Å². The fraction of sp³-hybridized carbons (Fsp3) is 0. The molecule has 0 aromatic heterocycles. The summed E-state index contributed by atoms with van der Waals surface area (Å²) in [5, 5.41) is 10.9. The lowest BCUT2D eigenvalue weighted by atomic mass is 10.2. The minimum absolute atomic E-state index is 0.0383. The van der Waals surface area contributed by atoms with Gasteiger partial charge >= 0.3 is 0 Å². The molecule has 1 rings (SSSR count). The Morgan fingerprint density at radius 3 is 2.77 bits per heavy atom. The summed E-state index contributed by atoms with van der Waals surface area (Å²) in [4.78, 5) is 0. The molecule has 1 aromatic rings. The van der Waals surface area contributed by atoms with E-state index < -0.39 is 5.82 Å². The minimum atomic E-state index is -0.554. The van der Waals surface area contributed by atoms with Gasteiger partial charge in [0.25, 0.3) is 0 Å². The smallest absolute Gasteiger partial charge is 0.171 e.